The first-order valence-electron chi connectivity index (χ1n) is 4.75. The average Bonchev–Trinajstić information content (AvgIpc) is 2.19. The van der Waals surface area contributed by atoms with Crippen molar-refractivity contribution in [3.05, 3.63) is 41.5 Å². The minimum Gasteiger partial charge on any atom is -0.508 e. The first-order valence-corrected chi connectivity index (χ1v) is 4.75. The fourth-order valence-corrected chi connectivity index (χ4v) is 1.23. The average molecular weight is 208 g/mol. The summed E-state index contributed by atoms with van der Waals surface area (Å²) in [5, 5.41) is 18.0. The predicted molar refractivity (Wildman–Crippen MR) is 61.1 cm³/mol. The maximum Gasteiger partial charge on any atom is 0.336 e. The molecule has 0 radical (unpaired) electrons. The van der Waals surface area contributed by atoms with E-state index in [1.165, 1.54) is 6.07 Å². The van der Waals surface area contributed by atoms with Gasteiger partial charge in [-0.05, 0) is 18.6 Å². The molecule has 0 aliphatic carbocycles. The molecule has 1 aromatic rings. The van der Waals surface area contributed by atoms with Gasteiger partial charge in [-0.3, -0.25) is 0 Å². The van der Waals surface area contributed by atoms with Gasteiger partial charge in [0.05, 0.1) is 5.56 Å². The summed E-state index contributed by atoms with van der Waals surface area (Å²) >= 11 is 0. The van der Waals surface area contributed by atoms with Gasteiger partial charge in [-0.25, -0.2) is 4.79 Å². The van der Waals surface area contributed by atoms with Gasteiger partial charge in [0.15, 0.2) is 0 Å². The molecule has 1 rings (SSSR count). The zero-order chi connectivity index (χ0) is 12.0. The van der Waals surface area contributed by atoms with E-state index in [0.29, 0.717) is 11.1 Å². The molecular weight excluding hydrogens is 192 g/mol. The summed E-state index contributed by atoms with van der Waals surface area (Å²) in [5.41, 5.74) is 1.08. The normalized spacial score (nSPS) is 8.73. The van der Waals surface area contributed by atoms with Gasteiger partial charge < -0.3 is 10.2 Å². The summed E-state index contributed by atoms with van der Waals surface area (Å²) in [6, 6.07) is 4.79. The second-order valence-electron chi connectivity index (χ2n) is 2.75. The third-order valence-corrected chi connectivity index (χ3v) is 1.79. The van der Waals surface area contributed by atoms with Crippen LogP contribution in [0.15, 0.2) is 24.8 Å². The highest BCUT2D eigenvalue weighted by Gasteiger charge is 2.13. The van der Waals surface area contributed by atoms with E-state index in [1.54, 1.807) is 19.1 Å². The van der Waals surface area contributed by atoms with Crippen LogP contribution in [0.4, 0.5) is 0 Å². The number of carboxylic acid groups (broad SMARTS) is 1. The molecule has 2 N–H and O–H groups in total. The van der Waals surface area contributed by atoms with Crippen LogP contribution in [0, 0.1) is 6.92 Å². The van der Waals surface area contributed by atoms with Gasteiger partial charge in [-0.15, -0.1) is 0 Å². The van der Waals surface area contributed by atoms with E-state index in [2.05, 4.69) is 6.58 Å². The lowest BCUT2D eigenvalue weighted by molar-refractivity contribution is 0.0696. The molecule has 82 valence electrons. The van der Waals surface area contributed by atoms with Crippen LogP contribution >= 0.6 is 0 Å². The number of aryl methyl sites for hydroxylation is 1. The first-order chi connectivity index (χ1) is 7.04. The Morgan fingerprint density at radius 3 is 2.13 bits per heavy atom. The zero-order valence-corrected chi connectivity index (χ0v) is 9.24. The van der Waals surface area contributed by atoms with Crippen LogP contribution in [0.3, 0.4) is 0 Å². The van der Waals surface area contributed by atoms with Crippen molar-refractivity contribution < 1.29 is 15.0 Å². The zero-order valence-electron chi connectivity index (χ0n) is 9.24. The molecule has 1 aromatic carbocycles. The molecule has 0 heterocycles. The van der Waals surface area contributed by atoms with Crippen LogP contribution in [-0.4, -0.2) is 16.2 Å². The number of carboxylic acids is 1. The number of benzene rings is 1. The maximum atomic E-state index is 10.7. The largest absolute Gasteiger partial charge is 0.508 e. The lowest BCUT2D eigenvalue weighted by Gasteiger charge is -2.06. The second-order valence-corrected chi connectivity index (χ2v) is 2.75. The van der Waals surface area contributed by atoms with Crippen molar-refractivity contribution in [2.75, 3.05) is 0 Å². The Morgan fingerprint density at radius 2 is 1.80 bits per heavy atom. The van der Waals surface area contributed by atoms with Crippen molar-refractivity contribution in [3.8, 4) is 0 Å². The first kappa shape index (κ1) is 13.2. The van der Waals surface area contributed by atoms with Crippen LogP contribution < -0.4 is 0 Å². The number of hydrogen-bond acceptors (Lipinski definition) is 2. The van der Waals surface area contributed by atoms with E-state index in [9.17, 15) is 9.90 Å². The third-order valence-electron chi connectivity index (χ3n) is 1.79. The Kier molecular flexibility index (Phi) is 5.16. The van der Waals surface area contributed by atoms with Gasteiger partial charge in [0.2, 0.25) is 0 Å². The van der Waals surface area contributed by atoms with E-state index in [-0.39, 0.29) is 11.3 Å². The number of aromatic carboxylic acids is 1. The van der Waals surface area contributed by atoms with Gasteiger partial charge in [0.25, 0.3) is 0 Å². The molecule has 0 fully saturated rings. The quantitative estimate of drug-likeness (QED) is 0.733. The van der Waals surface area contributed by atoms with Crippen LogP contribution in [0.1, 0.15) is 35.3 Å². The molecule has 15 heavy (non-hydrogen) atoms. The van der Waals surface area contributed by atoms with Crippen molar-refractivity contribution in [2.24, 2.45) is 0 Å². The Hall–Kier alpha value is -1.77. The minimum atomic E-state index is -1.06. The van der Waals surface area contributed by atoms with Gasteiger partial charge in [0.1, 0.15) is 5.76 Å². The van der Waals surface area contributed by atoms with Crippen molar-refractivity contribution in [3.63, 3.8) is 0 Å². The fourth-order valence-electron chi connectivity index (χ4n) is 1.23. The molecule has 0 spiro atoms. The van der Waals surface area contributed by atoms with Crippen molar-refractivity contribution in [1.82, 2.24) is 0 Å². The van der Waals surface area contributed by atoms with Gasteiger partial charge >= 0.3 is 5.97 Å². The van der Waals surface area contributed by atoms with Gasteiger partial charge in [0, 0.05) is 5.56 Å². The molecule has 3 heteroatoms. The van der Waals surface area contributed by atoms with E-state index in [4.69, 9.17) is 5.11 Å². The number of aliphatic hydroxyl groups excluding tert-OH is 1. The molecule has 3 nitrogen and oxygen atoms in total. The summed E-state index contributed by atoms with van der Waals surface area (Å²) in [6.45, 7) is 9.05. The summed E-state index contributed by atoms with van der Waals surface area (Å²) in [4.78, 5) is 10.7. The van der Waals surface area contributed by atoms with Gasteiger partial charge in [-0.2, -0.15) is 0 Å². The Morgan fingerprint density at radius 1 is 1.27 bits per heavy atom. The van der Waals surface area contributed by atoms with Crippen LogP contribution in [-0.2, 0) is 0 Å². The SMILES string of the molecule is C=C(O)c1c(C)cccc1C(=O)O.CC. The lowest BCUT2D eigenvalue weighted by atomic mass is 10.0. The number of carbonyl (C=O) groups is 1. The number of rotatable bonds is 2. The van der Waals surface area contributed by atoms with Crippen molar-refractivity contribution in [2.45, 2.75) is 20.8 Å². The maximum absolute atomic E-state index is 10.7. The van der Waals surface area contributed by atoms with Gasteiger partial charge in [-0.1, -0.05) is 32.6 Å². The summed E-state index contributed by atoms with van der Waals surface area (Å²) in [6.07, 6.45) is 0. The molecule has 0 aromatic heterocycles. The Labute approximate surface area is 89.7 Å². The predicted octanol–water partition coefficient (Wildman–Crippen LogP) is 3.25. The molecule has 0 saturated heterocycles. The highest BCUT2D eigenvalue weighted by molar-refractivity contribution is 5.93. The highest BCUT2D eigenvalue weighted by atomic mass is 16.4. The lowest BCUT2D eigenvalue weighted by Crippen LogP contribution is -2.03. The standard InChI is InChI=1S/C10H10O3.C2H6/c1-6-4-3-5-8(10(12)13)9(6)7(2)11;1-2/h3-5,11H,2H2,1H3,(H,12,13);1-2H3. The fraction of sp³-hybridized carbons (Fsp3) is 0.250. The monoisotopic (exact) mass is 208 g/mol. The number of hydrogen-bond donors (Lipinski definition) is 2. The van der Waals surface area contributed by atoms with Crippen LogP contribution in [0.25, 0.3) is 5.76 Å². The molecule has 0 aliphatic heterocycles. The summed E-state index contributed by atoms with van der Waals surface area (Å²) in [7, 11) is 0. The van der Waals surface area contributed by atoms with E-state index >= 15 is 0 Å². The van der Waals surface area contributed by atoms with E-state index < -0.39 is 5.97 Å². The topological polar surface area (TPSA) is 57.5 Å². The summed E-state index contributed by atoms with van der Waals surface area (Å²) < 4.78 is 0. The van der Waals surface area contributed by atoms with Crippen LogP contribution in [0.5, 0.6) is 0 Å². The smallest absolute Gasteiger partial charge is 0.336 e. The molecule has 0 saturated carbocycles. The third kappa shape index (κ3) is 3.13. The molecule has 0 bridgehead atoms. The molecule has 0 aliphatic rings. The van der Waals surface area contributed by atoms with E-state index in [0.717, 1.165) is 0 Å². The Balaban J connectivity index is 0.000000921. The minimum absolute atomic E-state index is 0.0764. The van der Waals surface area contributed by atoms with Crippen molar-refractivity contribution >= 4 is 11.7 Å². The van der Waals surface area contributed by atoms with E-state index in [1.807, 2.05) is 13.8 Å². The van der Waals surface area contributed by atoms with Crippen LogP contribution in [0.2, 0.25) is 0 Å². The number of aliphatic hydroxyl groups is 1. The molecule has 0 unspecified atom stereocenters. The Bertz CT molecular complexity index is 367. The highest BCUT2D eigenvalue weighted by Crippen LogP contribution is 2.19. The molecule has 0 amide bonds. The second kappa shape index (κ2) is 5.86. The molecular formula is C12H16O3. The van der Waals surface area contributed by atoms with Crippen molar-refractivity contribution in [1.29, 1.82) is 0 Å². The molecule has 0 atom stereocenters. The summed E-state index contributed by atoms with van der Waals surface area (Å²) in [5.74, 6) is -1.27.